The zero-order valence-electron chi connectivity index (χ0n) is 11.8. The average Bonchev–Trinajstić information content (AvgIpc) is 2.93. The molecule has 2 aromatic rings. The van der Waals surface area contributed by atoms with Crippen LogP contribution in [0.25, 0.3) is 0 Å². The van der Waals surface area contributed by atoms with Crippen molar-refractivity contribution in [3.8, 4) is 5.75 Å². The van der Waals surface area contributed by atoms with E-state index in [0.29, 0.717) is 18.4 Å². The number of anilines is 1. The highest BCUT2D eigenvalue weighted by molar-refractivity contribution is 5.57. The Labute approximate surface area is 118 Å². The summed E-state index contributed by atoms with van der Waals surface area (Å²) in [6, 6.07) is 7.86. The fourth-order valence-electron chi connectivity index (χ4n) is 2.17. The summed E-state index contributed by atoms with van der Waals surface area (Å²) in [4.78, 5) is 4.44. The van der Waals surface area contributed by atoms with Gasteiger partial charge in [-0.25, -0.2) is 0 Å². The molecule has 0 amide bonds. The Balaban J connectivity index is 1.69. The zero-order chi connectivity index (χ0) is 13.9. The maximum atomic E-state index is 5.90. The summed E-state index contributed by atoms with van der Waals surface area (Å²) in [5.74, 6) is 2.77. The van der Waals surface area contributed by atoms with Crippen LogP contribution in [0.15, 0.2) is 28.8 Å². The second kappa shape index (κ2) is 5.53. The van der Waals surface area contributed by atoms with Crippen LogP contribution in [0.3, 0.4) is 0 Å². The second-order valence-electron chi connectivity index (χ2n) is 5.46. The molecule has 0 saturated heterocycles. The number of benzene rings is 1. The number of fused-ring (bicyclic) bond motifs is 1. The first-order chi connectivity index (χ1) is 9.72. The Morgan fingerprint density at radius 3 is 3.05 bits per heavy atom. The van der Waals surface area contributed by atoms with Crippen molar-refractivity contribution in [2.45, 2.75) is 32.8 Å². The molecule has 1 aliphatic rings. The van der Waals surface area contributed by atoms with Crippen LogP contribution in [0.2, 0.25) is 0 Å². The lowest BCUT2D eigenvalue weighted by molar-refractivity contribution is 0.162. The molecule has 5 heteroatoms. The van der Waals surface area contributed by atoms with Crippen molar-refractivity contribution in [3.05, 3.63) is 36.0 Å². The van der Waals surface area contributed by atoms with Crippen LogP contribution < -0.4 is 10.1 Å². The lowest BCUT2D eigenvalue weighted by atomic mass is 10.1. The number of ether oxygens (including phenoxy) is 1. The minimum atomic E-state index is -0.217. The van der Waals surface area contributed by atoms with E-state index in [4.69, 9.17) is 9.26 Å². The van der Waals surface area contributed by atoms with Gasteiger partial charge in [-0.3, -0.25) is 0 Å². The monoisotopic (exact) mass is 273 g/mol. The summed E-state index contributed by atoms with van der Waals surface area (Å²) in [6.45, 7) is 5.01. The van der Waals surface area contributed by atoms with E-state index < -0.39 is 0 Å². The van der Waals surface area contributed by atoms with Crippen LogP contribution >= 0.6 is 0 Å². The third-order valence-corrected chi connectivity index (χ3v) is 3.34. The van der Waals surface area contributed by atoms with Gasteiger partial charge < -0.3 is 14.6 Å². The lowest BCUT2D eigenvalue weighted by Crippen LogP contribution is -2.23. The lowest BCUT2D eigenvalue weighted by Gasteiger charge is -2.24. The van der Waals surface area contributed by atoms with E-state index in [1.807, 2.05) is 24.3 Å². The van der Waals surface area contributed by atoms with E-state index in [0.717, 1.165) is 30.1 Å². The van der Waals surface area contributed by atoms with Crippen LogP contribution in [0.5, 0.6) is 5.75 Å². The van der Waals surface area contributed by atoms with Gasteiger partial charge in [0.2, 0.25) is 0 Å². The van der Waals surface area contributed by atoms with Gasteiger partial charge in [0.05, 0.1) is 12.2 Å². The molecule has 0 bridgehead atoms. The minimum Gasteiger partial charge on any atom is -0.477 e. The van der Waals surface area contributed by atoms with Gasteiger partial charge in [-0.05, 0) is 24.5 Å². The van der Waals surface area contributed by atoms with Gasteiger partial charge in [-0.15, -0.1) is 0 Å². The molecule has 106 valence electrons. The van der Waals surface area contributed by atoms with Crippen molar-refractivity contribution in [2.24, 2.45) is 5.92 Å². The fraction of sp³-hybridized carbons (Fsp3) is 0.467. The molecule has 1 aliphatic heterocycles. The summed E-state index contributed by atoms with van der Waals surface area (Å²) in [5, 5.41) is 7.34. The summed E-state index contributed by atoms with van der Waals surface area (Å²) in [5.41, 5.74) is 1.00. The molecule has 3 rings (SSSR count). The van der Waals surface area contributed by atoms with Gasteiger partial charge in [0.15, 0.2) is 11.9 Å². The van der Waals surface area contributed by atoms with E-state index in [-0.39, 0.29) is 6.10 Å². The minimum absolute atomic E-state index is 0.217. The summed E-state index contributed by atoms with van der Waals surface area (Å²) < 4.78 is 11.2. The van der Waals surface area contributed by atoms with Gasteiger partial charge in [0, 0.05) is 6.42 Å². The highest BCUT2D eigenvalue weighted by Crippen LogP contribution is 2.33. The van der Waals surface area contributed by atoms with Gasteiger partial charge >= 0.3 is 0 Å². The maximum absolute atomic E-state index is 5.90. The van der Waals surface area contributed by atoms with Crippen LogP contribution in [0.4, 0.5) is 5.69 Å². The molecule has 0 radical (unpaired) electrons. The number of nitrogens with zero attached hydrogens (tertiary/aromatic N) is 2. The van der Waals surface area contributed by atoms with Crippen molar-refractivity contribution in [1.82, 2.24) is 10.1 Å². The van der Waals surface area contributed by atoms with Gasteiger partial charge in [0.1, 0.15) is 5.75 Å². The van der Waals surface area contributed by atoms with Crippen LogP contribution in [0.1, 0.15) is 38.1 Å². The maximum Gasteiger partial charge on any atom is 0.269 e. The van der Waals surface area contributed by atoms with Crippen LogP contribution in [-0.2, 0) is 6.42 Å². The smallest absolute Gasteiger partial charge is 0.269 e. The molecule has 1 aromatic heterocycles. The van der Waals surface area contributed by atoms with Gasteiger partial charge in [-0.2, -0.15) is 4.98 Å². The fourth-order valence-corrected chi connectivity index (χ4v) is 2.17. The highest BCUT2D eigenvalue weighted by Gasteiger charge is 2.25. The molecular formula is C15H19N3O2. The number of rotatable bonds is 4. The van der Waals surface area contributed by atoms with E-state index in [2.05, 4.69) is 29.3 Å². The number of aryl methyl sites for hydroxylation is 1. The standard InChI is InChI=1S/C15H19N3O2/c1-10(2)7-8-14-17-15(20-18-14)13-9-16-11-5-3-4-6-12(11)19-13/h3-6,10,13,16H,7-9H2,1-2H3. The van der Waals surface area contributed by atoms with Crippen molar-refractivity contribution >= 4 is 5.69 Å². The number of aromatic nitrogens is 2. The number of nitrogens with one attached hydrogen (secondary N) is 1. The molecule has 20 heavy (non-hydrogen) atoms. The largest absolute Gasteiger partial charge is 0.477 e. The first kappa shape index (κ1) is 13.0. The molecule has 0 aliphatic carbocycles. The molecule has 5 nitrogen and oxygen atoms in total. The van der Waals surface area contributed by atoms with Crippen molar-refractivity contribution in [1.29, 1.82) is 0 Å². The van der Waals surface area contributed by atoms with Gasteiger partial charge in [0.25, 0.3) is 5.89 Å². The Morgan fingerprint density at radius 2 is 2.20 bits per heavy atom. The van der Waals surface area contributed by atoms with Crippen molar-refractivity contribution in [2.75, 3.05) is 11.9 Å². The third kappa shape index (κ3) is 2.76. The molecule has 1 aromatic carbocycles. The average molecular weight is 273 g/mol. The molecule has 0 fully saturated rings. The molecule has 0 saturated carbocycles. The number of hydrogen-bond acceptors (Lipinski definition) is 5. The van der Waals surface area contributed by atoms with Crippen LogP contribution in [-0.4, -0.2) is 16.7 Å². The van der Waals surface area contributed by atoms with E-state index in [1.165, 1.54) is 0 Å². The third-order valence-electron chi connectivity index (χ3n) is 3.34. The Hall–Kier alpha value is -2.04. The van der Waals surface area contributed by atoms with E-state index in [9.17, 15) is 0 Å². The zero-order valence-corrected chi connectivity index (χ0v) is 11.8. The van der Waals surface area contributed by atoms with E-state index >= 15 is 0 Å². The van der Waals surface area contributed by atoms with Gasteiger partial charge in [-0.1, -0.05) is 31.1 Å². The summed E-state index contributed by atoms with van der Waals surface area (Å²) in [7, 11) is 0. The number of para-hydroxylation sites is 2. The number of hydrogen-bond donors (Lipinski definition) is 1. The molecule has 1 N–H and O–H groups in total. The molecule has 1 unspecified atom stereocenters. The summed E-state index contributed by atoms with van der Waals surface area (Å²) >= 11 is 0. The van der Waals surface area contributed by atoms with E-state index in [1.54, 1.807) is 0 Å². The second-order valence-corrected chi connectivity index (χ2v) is 5.46. The van der Waals surface area contributed by atoms with Crippen LogP contribution in [0, 0.1) is 5.92 Å². The predicted molar refractivity (Wildman–Crippen MR) is 75.8 cm³/mol. The first-order valence-corrected chi connectivity index (χ1v) is 7.04. The Kier molecular flexibility index (Phi) is 3.58. The molecule has 2 heterocycles. The normalized spacial score (nSPS) is 17.4. The Morgan fingerprint density at radius 1 is 1.35 bits per heavy atom. The molecular weight excluding hydrogens is 254 g/mol. The molecule has 0 spiro atoms. The predicted octanol–water partition coefficient (Wildman–Crippen LogP) is 3.20. The SMILES string of the molecule is CC(C)CCc1noc(C2CNc3ccccc3O2)n1. The van der Waals surface area contributed by atoms with Crippen molar-refractivity contribution < 1.29 is 9.26 Å². The quantitative estimate of drug-likeness (QED) is 0.927. The first-order valence-electron chi connectivity index (χ1n) is 7.04. The van der Waals surface area contributed by atoms with Crippen molar-refractivity contribution in [3.63, 3.8) is 0 Å². The summed E-state index contributed by atoms with van der Waals surface area (Å²) in [6.07, 6.45) is 1.69. The Bertz CT molecular complexity index is 580. The molecule has 1 atom stereocenters. The topological polar surface area (TPSA) is 60.2 Å². The highest BCUT2D eigenvalue weighted by atomic mass is 16.5.